The summed E-state index contributed by atoms with van der Waals surface area (Å²) in [6, 6.07) is 7.28. The molecule has 3 aliphatic rings. The van der Waals surface area contributed by atoms with Crippen molar-refractivity contribution in [1.82, 2.24) is 14.8 Å². The zero-order valence-corrected chi connectivity index (χ0v) is 19.6. The number of carbonyl (C=O) groups is 1. The Labute approximate surface area is 184 Å². The molecule has 3 heterocycles. The number of amides is 1. The first-order chi connectivity index (χ1) is 13.8. The number of fused-ring (bicyclic) bond motifs is 2. The van der Waals surface area contributed by atoms with Crippen molar-refractivity contribution in [2.75, 3.05) is 19.6 Å². The summed E-state index contributed by atoms with van der Waals surface area (Å²) in [7, 11) is 0. The largest absolute Gasteiger partial charge is 0.444 e. The van der Waals surface area contributed by atoms with Gasteiger partial charge in [-0.3, -0.25) is 4.90 Å². The zero-order chi connectivity index (χ0) is 20.3. The van der Waals surface area contributed by atoms with Crippen molar-refractivity contribution in [2.45, 2.75) is 63.6 Å². The van der Waals surface area contributed by atoms with E-state index in [1.165, 1.54) is 22.5 Å². The topological polar surface area (TPSA) is 45.7 Å². The Balaban J connectivity index is 1.19. The summed E-state index contributed by atoms with van der Waals surface area (Å²) in [5.41, 5.74) is 0.682. The van der Waals surface area contributed by atoms with Gasteiger partial charge in [-0.25, -0.2) is 9.78 Å². The van der Waals surface area contributed by atoms with E-state index in [0.717, 1.165) is 36.0 Å². The molecule has 156 valence electrons. The van der Waals surface area contributed by atoms with E-state index in [-0.39, 0.29) is 6.09 Å². The Morgan fingerprint density at radius 3 is 2.83 bits per heavy atom. The lowest BCUT2D eigenvalue weighted by Gasteiger charge is -2.41. The summed E-state index contributed by atoms with van der Waals surface area (Å²) in [6.07, 6.45) is 3.34. The SMILES string of the molecule is CC(C)(C)OC(=O)N1CC[C@@H]2CN(C3CC(c4nc5ccc(Br)cc5s4)C3)C[C@@H]21. The first-order valence-corrected chi connectivity index (χ1v) is 12.2. The van der Waals surface area contributed by atoms with Crippen molar-refractivity contribution in [3.63, 3.8) is 0 Å². The zero-order valence-electron chi connectivity index (χ0n) is 17.2. The van der Waals surface area contributed by atoms with Crippen LogP contribution in [0.2, 0.25) is 0 Å². The van der Waals surface area contributed by atoms with Crippen LogP contribution in [0.1, 0.15) is 51.0 Å². The molecular weight excluding hydrogens is 450 g/mol. The Morgan fingerprint density at radius 2 is 2.07 bits per heavy atom. The highest BCUT2D eigenvalue weighted by Gasteiger charge is 2.48. The van der Waals surface area contributed by atoms with E-state index in [1.54, 1.807) is 0 Å². The van der Waals surface area contributed by atoms with E-state index in [4.69, 9.17) is 9.72 Å². The summed E-state index contributed by atoms with van der Waals surface area (Å²) in [6.45, 7) is 8.77. The Kier molecular flexibility index (Phi) is 4.91. The van der Waals surface area contributed by atoms with Crippen molar-refractivity contribution < 1.29 is 9.53 Å². The van der Waals surface area contributed by atoms with E-state index < -0.39 is 5.60 Å². The molecule has 3 fully saturated rings. The van der Waals surface area contributed by atoms with Crippen LogP contribution in [0.3, 0.4) is 0 Å². The number of hydrogen-bond donors (Lipinski definition) is 0. The fourth-order valence-corrected chi connectivity index (χ4v) is 6.66. The van der Waals surface area contributed by atoms with Gasteiger partial charge in [0.25, 0.3) is 0 Å². The Hall–Kier alpha value is -1.18. The lowest BCUT2D eigenvalue weighted by Crippen LogP contribution is -2.46. The Bertz CT molecular complexity index is 934. The molecule has 2 saturated heterocycles. The highest BCUT2D eigenvalue weighted by Crippen LogP contribution is 2.45. The van der Waals surface area contributed by atoms with Crippen LogP contribution in [0.15, 0.2) is 22.7 Å². The van der Waals surface area contributed by atoms with E-state index in [2.05, 4.69) is 39.0 Å². The van der Waals surface area contributed by atoms with E-state index in [9.17, 15) is 4.79 Å². The quantitative estimate of drug-likeness (QED) is 0.592. The number of carbonyl (C=O) groups excluding carboxylic acids is 1. The molecule has 0 spiro atoms. The number of aromatic nitrogens is 1. The summed E-state index contributed by atoms with van der Waals surface area (Å²) in [4.78, 5) is 22.1. The van der Waals surface area contributed by atoms with Crippen LogP contribution < -0.4 is 0 Å². The first-order valence-electron chi connectivity index (χ1n) is 10.6. The molecule has 2 atom stereocenters. The van der Waals surface area contributed by atoms with Gasteiger partial charge < -0.3 is 9.64 Å². The molecule has 1 saturated carbocycles. The summed E-state index contributed by atoms with van der Waals surface area (Å²) < 4.78 is 8.02. The maximum Gasteiger partial charge on any atom is 0.410 e. The predicted molar refractivity (Wildman–Crippen MR) is 119 cm³/mol. The van der Waals surface area contributed by atoms with Gasteiger partial charge in [-0.2, -0.15) is 0 Å². The third kappa shape index (κ3) is 3.81. The molecular formula is C22H28BrN3O2S. The molecule has 1 aromatic heterocycles. The van der Waals surface area contributed by atoms with Gasteiger partial charge in [-0.1, -0.05) is 15.9 Å². The van der Waals surface area contributed by atoms with Gasteiger partial charge in [0.05, 0.1) is 21.3 Å². The van der Waals surface area contributed by atoms with Crippen LogP contribution in [-0.2, 0) is 4.74 Å². The normalized spacial score (nSPS) is 29.9. The third-order valence-corrected chi connectivity index (χ3v) is 8.22. The minimum atomic E-state index is -0.429. The molecule has 0 N–H and O–H groups in total. The third-order valence-electron chi connectivity index (χ3n) is 6.55. The number of likely N-dealkylation sites (tertiary alicyclic amines) is 2. The predicted octanol–water partition coefficient (Wildman–Crippen LogP) is 5.25. The van der Waals surface area contributed by atoms with Gasteiger partial charge in [0.1, 0.15) is 5.60 Å². The number of ether oxygens (including phenoxy) is 1. The lowest BCUT2D eigenvalue weighted by molar-refractivity contribution is 0.0204. The lowest BCUT2D eigenvalue weighted by atomic mass is 9.80. The van der Waals surface area contributed by atoms with Crippen LogP contribution >= 0.6 is 27.3 Å². The number of hydrogen-bond acceptors (Lipinski definition) is 5. The van der Waals surface area contributed by atoms with Gasteiger partial charge in [0, 0.05) is 36.1 Å². The molecule has 5 nitrogen and oxygen atoms in total. The maximum atomic E-state index is 12.6. The number of benzene rings is 1. The van der Waals surface area contributed by atoms with Crippen LogP contribution in [0, 0.1) is 5.92 Å². The molecule has 29 heavy (non-hydrogen) atoms. The van der Waals surface area contributed by atoms with E-state index >= 15 is 0 Å². The number of rotatable bonds is 2. The van der Waals surface area contributed by atoms with Crippen LogP contribution in [0.25, 0.3) is 10.2 Å². The number of nitrogens with zero attached hydrogens (tertiary/aromatic N) is 3. The molecule has 7 heteroatoms. The average molecular weight is 478 g/mol. The fraction of sp³-hybridized carbons (Fsp3) is 0.636. The summed E-state index contributed by atoms with van der Waals surface area (Å²) >= 11 is 5.39. The molecule has 2 aromatic rings. The monoisotopic (exact) mass is 477 g/mol. The molecule has 5 rings (SSSR count). The highest BCUT2D eigenvalue weighted by molar-refractivity contribution is 9.10. The molecule has 0 radical (unpaired) electrons. The van der Waals surface area contributed by atoms with Crippen molar-refractivity contribution in [1.29, 1.82) is 0 Å². The molecule has 1 aliphatic carbocycles. The average Bonchev–Trinajstić information content (AvgIpc) is 3.24. The summed E-state index contributed by atoms with van der Waals surface area (Å²) in [5.74, 6) is 1.18. The smallest absolute Gasteiger partial charge is 0.410 e. The minimum absolute atomic E-state index is 0.140. The number of thiazole rings is 1. The first kappa shape index (κ1) is 19.8. The standard InChI is InChI=1S/C22H28BrN3O2S/c1-22(2,3)28-21(27)26-7-6-13-11-25(12-18(13)26)16-8-14(9-16)20-24-17-5-4-15(23)10-19(17)29-20/h4-5,10,13-14,16,18H,6-9,11-12H2,1-3H3/t13-,14?,16?,18+/m1/s1. The van der Waals surface area contributed by atoms with Crippen LogP contribution in [0.5, 0.6) is 0 Å². The second-order valence-corrected chi connectivity index (χ2v) is 11.7. The fourth-order valence-electron chi connectivity index (χ4n) is 5.02. The van der Waals surface area contributed by atoms with E-state index in [0.29, 0.717) is 23.9 Å². The maximum absolute atomic E-state index is 12.6. The Morgan fingerprint density at radius 1 is 1.28 bits per heavy atom. The van der Waals surface area contributed by atoms with Gasteiger partial charge in [-0.15, -0.1) is 11.3 Å². The molecule has 1 amide bonds. The molecule has 1 aromatic carbocycles. The minimum Gasteiger partial charge on any atom is -0.444 e. The second-order valence-electron chi connectivity index (χ2n) is 9.73. The van der Waals surface area contributed by atoms with Crippen molar-refractivity contribution in [3.05, 3.63) is 27.7 Å². The van der Waals surface area contributed by atoms with Crippen molar-refractivity contribution in [2.24, 2.45) is 5.92 Å². The van der Waals surface area contributed by atoms with Crippen LogP contribution in [0.4, 0.5) is 4.79 Å². The molecule has 2 aliphatic heterocycles. The molecule has 0 bridgehead atoms. The second kappa shape index (κ2) is 7.20. The van der Waals surface area contributed by atoms with E-state index in [1.807, 2.05) is 37.0 Å². The van der Waals surface area contributed by atoms with Gasteiger partial charge in [0.2, 0.25) is 0 Å². The van der Waals surface area contributed by atoms with Gasteiger partial charge in [0.15, 0.2) is 0 Å². The molecule has 0 unspecified atom stereocenters. The van der Waals surface area contributed by atoms with Gasteiger partial charge >= 0.3 is 6.09 Å². The summed E-state index contributed by atoms with van der Waals surface area (Å²) in [5, 5.41) is 1.28. The van der Waals surface area contributed by atoms with Crippen molar-refractivity contribution in [3.8, 4) is 0 Å². The van der Waals surface area contributed by atoms with Crippen molar-refractivity contribution >= 4 is 43.6 Å². The number of halogens is 1. The van der Waals surface area contributed by atoms with Gasteiger partial charge in [-0.05, 0) is 64.2 Å². The van der Waals surface area contributed by atoms with Crippen LogP contribution in [-0.4, -0.2) is 58.2 Å². The highest BCUT2D eigenvalue weighted by atomic mass is 79.9.